The summed E-state index contributed by atoms with van der Waals surface area (Å²) in [7, 11) is 0. The van der Waals surface area contributed by atoms with Crippen molar-refractivity contribution in [3.63, 3.8) is 0 Å². The van der Waals surface area contributed by atoms with Crippen LogP contribution < -0.4 is 26.6 Å². The Bertz CT molecular complexity index is 2620. The fourth-order valence-corrected chi connectivity index (χ4v) is 4.81. The summed E-state index contributed by atoms with van der Waals surface area (Å²) in [5.41, 5.74) is 5.66. The third kappa shape index (κ3) is 41.5. The number of fused-ring (bicyclic) bond motifs is 2. The van der Waals surface area contributed by atoms with Crippen molar-refractivity contribution in [2.75, 3.05) is 61.0 Å². The van der Waals surface area contributed by atoms with Gasteiger partial charge in [-0.1, -0.05) is 136 Å². The molecule has 0 atom stereocenters. The summed E-state index contributed by atoms with van der Waals surface area (Å²) >= 11 is 0. The van der Waals surface area contributed by atoms with E-state index in [1.807, 2.05) is 146 Å². The molecule has 0 spiro atoms. The number of carbonyl (C=O) groups is 5. The molecule has 0 aliphatic rings. The minimum atomic E-state index is -0.328. The van der Waals surface area contributed by atoms with Crippen LogP contribution in [0, 0.1) is 0 Å². The fraction of sp³-hybridized carbons (Fsp3) is 0.254. The Balaban J connectivity index is -0.000000423. The Hall–Kier alpha value is -8.35. The van der Waals surface area contributed by atoms with Gasteiger partial charge in [0.25, 0.3) is 23.6 Å². The average Bonchev–Trinajstić information content (AvgIpc) is 3.41. The number of hydrogen-bond acceptors (Lipinski definition) is 11. The molecule has 430 valence electrons. The van der Waals surface area contributed by atoms with Crippen molar-refractivity contribution < 1.29 is 54.6 Å². The predicted molar refractivity (Wildman–Crippen MR) is 328 cm³/mol. The Morgan fingerprint density at radius 2 is 0.646 bits per heavy atom. The molecule has 79 heavy (non-hydrogen) atoms. The molecule has 0 fully saturated rings. The molecule has 5 amide bonds. The number of para-hydroxylation sites is 2. The lowest BCUT2D eigenvalue weighted by Crippen LogP contribution is -2.24. The van der Waals surface area contributed by atoms with Crippen molar-refractivity contribution in [1.82, 2.24) is 5.32 Å². The molecular formula is C63H87N5O11. The smallest absolute Gasteiger partial charge is 0.250 e. The Labute approximate surface area is 468 Å². The predicted octanol–water partition coefficient (Wildman–Crippen LogP) is 10.7. The standard InChI is InChI=1S/2C14H13NO.2C10H11NO.C5H9NO2.5C2H6O/c1-10(2)14(16)15-13-9-5-7-11-6-3-4-8-12(11)13;1-10(2)14(16)15-13-8-7-11-5-3-4-6-12(11)9-13;2*1-8(2)10(12)11-9-6-4-3-5-7-9;1-4(2)5(8)6-3-7;5*1-2-3/h2*3-9H,1H2,2H3,(H,15,16);2*3-7H,1H2,2H3,(H,11,12);7H,1,3H2,2H3,(H,6,8);5*3H,2H2,1H3. The number of hydrogen-bond donors (Lipinski definition) is 11. The van der Waals surface area contributed by atoms with Gasteiger partial charge in [0, 0.05) is 89.0 Å². The highest BCUT2D eigenvalue weighted by Crippen LogP contribution is 2.23. The van der Waals surface area contributed by atoms with E-state index in [0.29, 0.717) is 27.9 Å². The molecule has 0 saturated heterocycles. The molecule has 11 N–H and O–H groups in total. The van der Waals surface area contributed by atoms with Crippen LogP contribution in [0.25, 0.3) is 21.5 Å². The number of nitrogens with one attached hydrogen (secondary N) is 5. The van der Waals surface area contributed by atoms with Gasteiger partial charge in [-0.05, 0) is 128 Å². The van der Waals surface area contributed by atoms with Crippen LogP contribution in [0.4, 0.5) is 22.7 Å². The Kier molecular flexibility index (Phi) is 49.3. The van der Waals surface area contributed by atoms with E-state index in [0.717, 1.165) is 44.3 Å². The summed E-state index contributed by atoms with van der Waals surface area (Å²) < 4.78 is 0. The minimum Gasteiger partial charge on any atom is -0.397 e. The van der Waals surface area contributed by atoms with Gasteiger partial charge in [-0.15, -0.1) is 0 Å². The van der Waals surface area contributed by atoms with Crippen molar-refractivity contribution in [3.8, 4) is 0 Å². The number of carbonyl (C=O) groups excluding carboxylic acids is 5. The highest BCUT2D eigenvalue weighted by molar-refractivity contribution is 6.08. The second kappa shape index (κ2) is 50.5. The number of benzene rings is 6. The molecular weight excluding hydrogens is 1000 g/mol. The summed E-state index contributed by atoms with van der Waals surface area (Å²) in [6.07, 6.45) is 0. The average molecular weight is 1090 g/mol. The van der Waals surface area contributed by atoms with Crippen LogP contribution in [0.5, 0.6) is 0 Å². The zero-order valence-electron chi connectivity index (χ0n) is 47.9. The molecule has 0 aliphatic heterocycles. The largest absolute Gasteiger partial charge is 0.397 e. The number of amides is 5. The van der Waals surface area contributed by atoms with Crippen molar-refractivity contribution in [2.45, 2.75) is 69.2 Å². The van der Waals surface area contributed by atoms with Gasteiger partial charge >= 0.3 is 0 Å². The van der Waals surface area contributed by atoms with E-state index in [-0.39, 0.29) is 69.3 Å². The monoisotopic (exact) mass is 1090 g/mol. The second-order valence-corrected chi connectivity index (χ2v) is 15.8. The van der Waals surface area contributed by atoms with Gasteiger partial charge in [-0.25, -0.2) is 0 Å². The van der Waals surface area contributed by atoms with Crippen molar-refractivity contribution in [3.05, 3.63) is 206 Å². The Morgan fingerprint density at radius 3 is 1.00 bits per heavy atom. The van der Waals surface area contributed by atoms with Crippen molar-refractivity contribution in [1.29, 1.82) is 0 Å². The van der Waals surface area contributed by atoms with E-state index in [9.17, 15) is 24.0 Å². The third-order valence-corrected chi connectivity index (χ3v) is 8.29. The van der Waals surface area contributed by atoms with Crippen LogP contribution in [0.2, 0.25) is 0 Å². The second-order valence-electron chi connectivity index (χ2n) is 15.8. The molecule has 0 unspecified atom stereocenters. The van der Waals surface area contributed by atoms with Crippen molar-refractivity contribution >= 4 is 73.8 Å². The van der Waals surface area contributed by atoms with E-state index >= 15 is 0 Å². The molecule has 0 radical (unpaired) electrons. The van der Waals surface area contributed by atoms with Crippen LogP contribution in [-0.4, -0.2) is 99.9 Å². The summed E-state index contributed by atoms with van der Waals surface area (Å²) in [5.74, 6) is -0.874. The van der Waals surface area contributed by atoms with Crippen LogP contribution >= 0.6 is 0 Å². The van der Waals surface area contributed by atoms with Crippen LogP contribution in [0.1, 0.15) is 69.2 Å². The molecule has 6 rings (SSSR count). The molecule has 0 saturated carbocycles. The van der Waals surface area contributed by atoms with Crippen LogP contribution in [-0.2, 0) is 24.0 Å². The fourth-order valence-electron chi connectivity index (χ4n) is 4.81. The number of rotatable bonds is 10. The molecule has 6 aromatic carbocycles. The van der Waals surface area contributed by atoms with E-state index in [1.165, 1.54) is 0 Å². The number of aliphatic hydroxyl groups is 6. The SMILES string of the molecule is C=C(C)C(=O)NCO.C=C(C)C(=O)Nc1ccc2ccccc2c1.C=C(C)C(=O)Nc1cccc2ccccc12.C=C(C)C(=O)Nc1ccccc1.C=C(C)C(=O)Nc1ccccc1.CCO.CCO.CCO.CCO.CCO. The van der Waals surface area contributed by atoms with Gasteiger partial charge in [0.15, 0.2) is 0 Å². The molecule has 0 heterocycles. The maximum absolute atomic E-state index is 11.5. The zero-order valence-corrected chi connectivity index (χ0v) is 47.9. The maximum atomic E-state index is 11.5. The third-order valence-electron chi connectivity index (χ3n) is 8.29. The van der Waals surface area contributed by atoms with E-state index in [4.69, 9.17) is 30.6 Å². The van der Waals surface area contributed by atoms with E-state index in [1.54, 1.807) is 69.2 Å². The van der Waals surface area contributed by atoms with Gasteiger partial charge in [0.2, 0.25) is 5.91 Å². The molecule has 16 heteroatoms. The summed E-state index contributed by atoms with van der Waals surface area (Å²) in [4.78, 5) is 55.6. The minimum absolute atomic E-state index is 0.138. The summed E-state index contributed by atoms with van der Waals surface area (Å²) in [5, 5.41) is 63.6. The highest BCUT2D eigenvalue weighted by Gasteiger charge is 2.06. The lowest BCUT2D eigenvalue weighted by atomic mass is 10.1. The lowest BCUT2D eigenvalue weighted by Gasteiger charge is -2.08. The van der Waals surface area contributed by atoms with Gasteiger partial charge in [0.1, 0.15) is 6.73 Å². The van der Waals surface area contributed by atoms with Gasteiger partial charge in [-0.3, -0.25) is 24.0 Å². The lowest BCUT2D eigenvalue weighted by molar-refractivity contribution is -0.118. The topological polar surface area (TPSA) is 267 Å². The maximum Gasteiger partial charge on any atom is 0.250 e. The van der Waals surface area contributed by atoms with E-state index < -0.39 is 0 Å². The summed E-state index contributed by atoms with van der Waals surface area (Å²) in [6, 6.07) is 46.3. The first kappa shape index (κ1) is 77.2. The normalized spacial score (nSPS) is 8.81. The van der Waals surface area contributed by atoms with Gasteiger partial charge in [-0.2, -0.15) is 0 Å². The molecule has 16 nitrogen and oxygen atoms in total. The number of aliphatic hydroxyl groups excluding tert-OH is 6. The quantitative estimate of drug-likeness (QED) is 0.0454. The zero-order chi connectivity index (χ0) is 61.1. The molecule has 6 aromatic rings. The molecule has 0 aromatic heterocycles. The van der Waals surface area contributed by atoms with Crippen LogP contribution in [0.3, 0.4) is 0 Å². The van der Waals surface area contributed by atoms with E-state index in [2.05, 4.69) is 59.5 Å². The van der Waals surface area contributed by atoms with Gasteiger partial charge in [0.05, 0.1) is 0 Å². The first-order valence-corrected chi connectivity index (χ1v) is 25.0. The first-order valence-electron chi connectivity index (χ1n) is 25.0. The molecule has 0 bridgehead atoms. The molecule has 0 aliphatic carbocycles. The highest BCUT2D eigenvalue weighted by atomic mass is 16.3. The number of anilines is 4. The van der Waals surface area contributed by atoms with Crippen molar-refractivity contribution in [2.24, 2.45) is 0 Å². The first-order chi connectivity index (χ1) is 37.5. The summed E-state index contributed by atoms with van der Waals surface area (Å²) in [6.45, 7) is 35.3. The van der Waals surface area contributed by atoms with Gasteiger partial charge < -0.3 is 57.2 Å². The Morgan fingerprint density at radius 1 is 0.342 bits per heavy atom. The van der Waals surface area contributed by atoms with Crippen LogP contribution in [0.15, 0.2) is 206 Å².